The van der Waals surface area contributed by atoms with Crippen molar-refractivity contribution in [3.8, 4) is 0 Å². The van der Waals surface area contributed by atoms with Crippen LogP contribution in [0.5, 0.6) is 0 Å². The molecule has 0 aromatic carbocycles. The van der Waals surface area contributed by atoms with E-state index in [2.05, 4.69) is 20.8 Å². The van der Waals surface area contributed by atoms with Crippen molar-refractivity contribution in [1.82, 2.24) is 0 Å². The first-order valence-corrected chi connectivity index (χ1v) is 5.72. The third-order valence-electron chi connectivity index (χ3n) is 3.40. The molecule has 12 heavy (non-hydrogen) atoms. The van der Waals surface area contributed by atoms with Gasteiger partial charge in [0.2, 0.25) is 0 Å². The topological polar surface area (TPSA) is 0 Å². The molecular weight excluding hydrogens is 168 g/mol. The maximum Gasteiger partial charge on any atom is 0.0364 e. The van der Waals surface area contributed by atoms with Gasteiger partial charge < -0.3 is 0 Å². The Bertz CT molecular complexity index is 131. The molecule has 3 unspecified atom stereocenters. The Kier molecular flexibility index (Phi) is 3.89. The summed E-state index contributed by atoms with van der Waals surface area (Å²) in [6.07, 6.45) is 5.21. The smallest absolute Gasteiger partial charge is 0.0364 e. The molecular formula is C11H21Cl. The molecule has 0 nitrogen and oxygen atoms in total. The van der Waals surface area contributed by atoms with Crippen LogP contribution in [0.2, 0.25) is 0 Å². The highest BCUT2D eigenvalue weighted by Gasteiger charge is 2.29. The van der Waals surface area contributed by atoms with E-state index in [9.17, 15) is 0 Å². The van der Waals surface area contributed by atoms with Crippen LogP contribution in [0.25, 0.3) is 0 Å². The summed E-state index contributed by atoms with van der Waals surface area (Å²) in [6, 6.07) is 0. The van der Waals surface area contributed by atoms with Crippen LogP contribution in [0, 0.1) is 17.8 Å². The van der Waals surface area contributed by atoms with E-state index in [0.717, 1.165) is 17.8 Å². The Morgan fingerprint density at radius 3 is 2.50 bits per heavy atom. The van der Waals surface area contributed by atoms with Crippen LogP contribution in [0.3, 0.4) is 0 Å². The van der Waals surface area contributed by atoms with Crippen molar-refractivity contribution in [1.29, 1.82) is 0 Å². The lowest BCUT2D eigenvalue weighted by Gasteiger charge is -2.34. The number of rotatable bonds is 2. The van der Waals surface area contributed by atoms with Gasteiger partial charge in [0.05, 0.1) is 0 Å². The fourth-order valence-electron chi connectivity index (χ4n) is 2.29. The van der Waals surface area contributed by atoms with E-state index < -0.39 is 0 Å². The van der Waals surface area contributed by atoms with E-state index in [1.165, 1.54) is 25.7 Å². The second kappa shape index (κ2) is 4.50. The molecule has 1 saturated carbocycles. The zero-order valence-corrected chi connectivity index (χ0v) is 9.27. The Morgan fingerprint density at radius 2 is 2.00 bits per heavy atom. The summed E-state index contributed by atoms with van der Waals surface area (Å²) in [5, 5.41) is 0.463. The molecule has 0 aliphatic heterocycles. The van der Waals surface area contributed by atoms with E-state index in [0.29, 0.717) is 5.38 Å². The average molecular weight is 189 g/mol. The summed E-state index contributed by atoms with van der Waals surface area (Å²) in [4.78, 5) is 0. The number of halogens is 1. The van der Waals surface area contributed by atoms with Crippen molar-refractivity contribution in [3.63, 3.8) is 0 Å². The molecule has 3 atom stereocenters. The van der Waals surface area contributed by atoms with E-state index in [-0.39, 0.29) is 0 Å². The predicted octanol–water partition coefficient (Wildman–Crippen LogP) is 4.08. The van der Waals surface area contributed by atoms with Gasteiger partial charge in [-0.05, 0) is 37.0 Å². The minimum absolute atomic E-state index is 0.463. The van der Waals surface area contributed by atoms with E-state index in [1.54, 1.807) is 0 Å². The molecule has 0 radical (unpaired) electrons. The largest absolute Gasteiger partial charge is 0.123 e. The summed E-state index contributed by atoms with van der Waals surface area (Å²) in [7, 11) is 0. The highest BCUT2D eigenvalue weighted by molar-refractivity contribution is 6.20. The van der Waals surface area contributed by atoms with Gasteiger partial charge in [0.15, 0.2) is 0 Å². The first kappa shape index (κ1) is 10.4. The third-order valence-corrected chi connectivity index (χ3v) is 3.97. The fourth-order valence-corrected chi connectivity index (χ4v) is 2.70. The van der Waals surface area contributed by atoms with Crippen molar-refractivity contribution in [2.45, 2.75) is 51.8 Å². The maximum absolute atomic E-state index is 6.25. The van der Waals surface area contributed by atoms with Gasteiger partial charge in [0, 0.05) is 5.38 Å². The van der Waals surface area contributed by atoms with Crippen LogP contribution >= 0.6 is 11.6 Å². The highest BCUT2D eigenvalue weighted by Crippen LogP contribution is 2.37. The Balaban J connectivity index is 2.44. The Morgan fingerprint density at radius 1 is 1.33 bits per heavy atom. The second-order valence-corrected chi connectivity index (χ2v) is 5.06. The van der Waals surface area contributed by atoms with Gasteiger partial charge in [-0.3, -0.25) is 0 Å². The average Bonchev–Trinajstić information content (AvgIpc) is 2.05. The van der Waals surface area contributed by atoms with Crippen LogP contribution < -0.4 is 0 Å². The van der Waals surface area contributed by atoms with Crippen molar-refractivity contribution < 1.29 is 0 Å². The molecule has 72 valence electrons. The molecule has 1 fully saturated rings. The minimum Gasteiger partial charge on any atom is -0.123 e. The second-order valence-electron chi connectivity index (χ2n) is 4.50. The normalized spacial score (nSPS) is 37.2. The molecule has 0 N–H and O–H groups in total. The van der Waals surface area contributed by atoms with Crippen molar-refractivity contribution >= 4 is 11.6 Å². The van der Waals surface area contributed by atoms with Crippen LogP contribution in [-0.4, -0.2) is 5.38 Å². The molecule has 0 spiro atoms. The van der Waals surface area contributed by atoms with Gasteiger partial charge in [0.1, 0.15) is 0 Å². The predicted molar refractivity (Wildman–Crippen MR) is 55.6 cm³/mol. The van der Waals surface area contributed by atoms with E-state index in [4.69, 9.17) is 11.6 Å². The summed E-state index contributed by atoms with van der Waals surface area (Å²) in [5.74, 6) is 2.57. The van der Waals surface area contributed by atoms with Crippen LogP contribution in [-0.2, 0) is 0 Å². The van der Waals surface area contributed by atoms with Gasteiger partial charge in [-0.15, -0.1) is 11.6 Å². The summed E-state index contributed by atoms with van der Waals surface area (Å²) >= 11 is 6.25. The third kappa shape index (κ3) is 2.39. The van der Waals surface area contributed by atoms with Gasteiger partial charge >= 0.3 is 0 Å². The number of alkyl halides is 1. The maximum atomic E-state index is 6.25. The van der Waals surface area contributed by atoms with Crippen LogP contribution in [0.1, 0.15) is 46.5 Å². The monoisotopic (exact) mass is 188 g/mol. The molecule has 0 aromatic heterocycles. The van der Waals surface area contributed by atoms with Crippen molar-refractivity contribution in [2.75, 3.05) is 0 Å². The molecule has 1 aliphatic carbocycles. The van der Waals surface area contributed by atoms with Gasteiger partial charge in [-0.2, -0.15) is 0 Å². The minimum atomic E-state index is 0.463. The van der Waals surface area contributed by atoms with Crippen molar-refractivity contribution in [2.24, 2.45) is 17.8 Å². The zero-order chi connectivity index (χ0) is 9.14. The molecule has 0 bridgehead atoms. The first-order valence-electron chi connectivity index (χ1n) is 5.29. The summed E-state index contributed by atoms with van der Waals surface area (Å²) in [6.45, 7) is 6.95. The lowest BCUT2D eigenvalue weighted by Crippen LogP contribution is -2.27. The molecule has 1 heteroatoms. The van der Waals surface area contributed by atoms with E-state index in [1.807, 2.05) is 0 Å². The zero-order valence-electron chi connectivity index (χ0n) is 8.52. The molecule has 0 aromatic rings. The highest BCUT2D eigenvalue weighted by atomic mass is 35.5. The summed E-state index contributed by atoms with van der Waals surface area (Å²) in [5.41, 5.74) is 0. The SMILES string of the molecule is CCC1CC(C(C)C)CCC1Cl. The van der Waals surface area contributed by atoms with Gasteiger partial charge in [-0.25, -0.2) is 0 Å². The first-order chi connectivity index (χ1) is 5.65. The lowest BCUT2D eigenvalue weighted by molar-refractivity contribution is 0.215. The van der Waals surface area contributed by atoms with Gasteiger partial charge in [0.25, 0.3) is 0 Å². The lowest BCUT2D eigenvalue weighted by atomic mass is 9.75. The van der Waals surface area contributed by atoms with Crippen LogP contribution in [0.4, 0.5) is 0 Å². The standard InChI is InChI=1S/C11H21Cl/c1-4-9-7-10(8(2)3)5-6-11(9)12/h8-11H,4-7H2,1-3H3. The number of hydrogen-bond acceptors (Lipinski definition) is 0. The van der Waals surface area contributed by atoms with Gasteiger partial charge in [-0.1, -0.05) is 27.2 Å². The summed E-state index contributed by atoms with van der Waals surface area (Å²) < 4.78 is 0. The molecule has 0 amide bonds. The molecule has 0 heterocycles. The fraction of sp³-hybridized carbons (Fsp3) is 1.00. The number of hydrogen-bond donors (Lipinski definition) is 0. The Labute approximate surface area is 81.7 Å². The van der Waals surface area contributed by atoms with Crippen LogP contribution in [0.15, 0.2) is 0 Å². The molecule has 1 rings (SSSR count). The van der Waals surface area contributed by atoms with E-state index >= 15 is 0 Å². The Hall–Kier alpha value is 0.290. The van der Waals surface area contributed by atoms with Crippen molar-refractivity contribution in [3.05, 3.63) is 0 Å². The molecule has 1 aliphatic rings. The quantitative estimate of drug-likeness (QED) is 0.573. The molecule has 0 saturated heterocycles.